The number of amides is 1. The highest BCUT2D eigenvalue weighted by Gasteiger charge is 2.31. The van der Waals surface area contributed by atoms with E-state index in [4.69, 9.17) is 4.74 Å². The van der Waals surface area contributed by atoms with E-state index in [2.05, 4.69) is 34.7 Å². The summed E-state index contributed by atoms with van der Waals surface area (Å²) in [6, 6.07) is 14.4. The van der Waals surface area contributed by atoms with E-state index in [0.29, 0.717) is 18.2 Å². The Bertz CT molecular complexity index is 1050. The zero-order valence-corrected chi connectivity index (χ0v) is 16.6. The molecule has 0 bridgehead atoms. The molecular weight excluding hydrogens is 374 g/mol. The molecule has 7 heteroatoms. The molecule has 0 unspecified atom stereocenters. The molecule has 3 aromatic rings. The quantitative estimate of drug-likeness (QED) is 0.682. The molecule has 1 N–H and O–H groups in total. The average molecular weight is 395 g/mol. The van der Waals surface area contributed by atoms with Crippen molar-refractivity contribution in [2.75, 3.05) is 17.7 Å². The van der Waals surface area contributed by atoms with Crippen LogP contribution >= 0.6 is 11.8 Å². The third kappa shape index (κ3) is 3.38. The van der Waals surface area contributed by atoms with Crippen molar-refractivity contribution in [2.45, 2.75) is 25.6 Å². The highest BCUT2D eigenvalue weighted by atomic mass is 32.2. The molecule has 0 fully saturated rings. The largest absolute Gasteiger partial charge is 0.465 e. The summed E-state index contributed by atoms with van der Waals surface area (Å²) in [4.78, 5) is 24.4. The third-order valence-corrected chi connectivity index (χ3v) is 6.02. The van der Waals surface area contributed by atoms with Gasteiger partial charge in [-0.05, 0) is 30.2 Å². The number of aromatic nitrogens is 2. The Morgan fingerprint density at radius 2 is 2.07 bits per heavy atom. The van der Waals surface area contributed by atoms with Crippen LogP contribution < -0.4 is 5.32 Å². The number of aryl methyl sites for hydroxylation is 1. The van der Waals surface area contributed by atoms with Crippen molar-refractivity contribution in [3.05, 3.63) is 59.3 Å². The number of nitrogens with zero attached hydrogens (tertiary/aromatic N) is 2. The lowest BCUT2D eigenvalue weighted by atomic mass is 9.97. The Labute approximate surface area is 167 Å². The lowest BCUT2D eigenvalue weighted by molar-refractivity contribution is -0.144. The summed E-state index contributed by atoms with van der Waals surface area (Å²) in [7, 11) is 0. The summed E-state index contributed by atoms with van der Waals surface area (Å²) in [6.45, 7) is 3.96. The number of hydrogen-bond donors (Lipinski definition) is 1. The summed E-state index contributed by atoms with van der Waals surface area (Å²) in [5.41, 5.74) is 2.88. The van der Waals surface area contributed by atoms with Gasteiger partial charge in [-0.15, -0.1) is 11.8 Å². The standard InChI is InChI=1S/C21H21N3O3S/c1-3-27-18(26)11-24-21-19(13(2)23-24)20(28-12-17(25)22-21)16-10-6-8-14-7-4-5-9-15(14)16/h4-10,20H,3,11-12H2,1-2H3,(H,22,25)/t20-/m0/s1. The van der Waals surface area contributed by atoms with E-state index in [1.54, 1.807) is 23.4 Å². The maximum absolute atomic E-state index is 12.4. The molecule has 0 saturated carbocycles. The molecule has 144 valence electrons. The van der Waals surface area contributed by atoms with E-state index in [0.717, 1.165) is 27.6 Å². The zero-order chi connectivity index (χ0) is 19.7. The van der Waals surface area contributed by atoms with Crippen LogP contribution in [0, 0.1) is 6.92 Å². The first-order valence-electron chi connectivity index (χ1n) is 9.20. The number of nitrogens with one attached hydrogen (secondary N) is 1. The van der Waals surface area contributed by atoms with Crippen molar-refractivity contribution in [3.63, 3.8) is 0 Å². The molecule has 1 aromatic heterocycles. The summed E-state index contributed by atoms with van der Waals surface area (Å²) < 4.78 is 6.60. The Morgan fingerprint density at radius 3 is 2.89 bits per heavy atom. The predicted molar refractivity (Wildman–Crippen MR) is 110 cm³/mol. The highest BCUT2D eigenvalue weighted by Crippen LogP contribution is 2.45. The summed E-state index contributed by atoms with van der Waals surface area (Å²) in [5.74, 6) is 0.444. The number of anilines is 1. The van der Waals surface area contributed by atoms with Crippen molar-refractivity contribution in [1.82, 2.24) is 9.78 Å². The topological polar surface area (TPSA) is 73.2 Å². The van der Waals surface area contributed by atoms with Crippen LogP contribution in [0.25, 0.3) is 10.8 Å². The number of fused-ring (bicyclic) bond motifs is 2. The second-order valence-electron chi connectivity index (χ2n) is 6.62. The van der Waals surface area contributed by atoms with Crippen LogP contribution in [0.4, 0.5) is 5.82 Å². The van der Waals surface area contributed by atoms with Crippen molar-refractivity contribution in [1.29, 1.82) is 0 Å². The molecule has 2 heterocycles. The van der Waals surface area contributed by atoms with Crippen LogP contribution in [-0.2, 0) is 20.9 Å². The molecule has 28 heavy (non-hydrogen) atoms. The van der Waals surface area contributed by atoms with E-state index in [9.17, 15) is 9.59 Å². The number of carbonyl (C=O) groups is 2. The van der Waals surface area contributed by atoms with Gasteiger partial charge < -0.3 is 10.1 Å². The highest BCUT2D eigenvalue weighted by molar-refractivity contribution is 8.00. The van der Waals surface area contributed by atoms with Gasteiger partial charge in [0.2, 0.25) is 5.91 Å². The minimum absolute atomic E-state index is 0.0305. The van der Waals surface area contributed by atoms with Gasteiger partial charge in [0.25, 0.3) is 0 Å². The fourth-order valence-electron chi connectivity index (χ4n) is 3.62. The van der Waals surface area contributed by atoms with Gasteiger partial charge in [0.05, 0.1) is 23.3 Å². The Hall–Kier alpha value is -2.80. The number of esters is 1. The van der Waals surface area contributed by atoms with Crippen molar-refractivity contribution >= 4 is 40.2 Å². The number of thioether (sulfide) groups is 1. The smallest absolute Gasteiger partial charge is 0.327 e. The molecule has 2 aromatic carbocycles. The van der Waals surface area contributed by atoms with Gasteiger partial charge in [-0.25, -0.2) is 4.68 Å². The number of hydrogen-bond acceptors (Lipinski definition) is 5. The van der Waals surface area contributed by atoms with Crippen LogP contribution in [-0.4, -0.2) is 34.0 Å². The fraction of sp³-hybridized carbons (Fsp3) is 0.286. The molecule has 0 radical (unpaired) electrons. The average Bonchev–Trinajstić information content (AvgIpc) is 2.86. The van der Waals surface area contributed by atoms with E-state index in [1.165, 1.54) is 0 Å². The predicted octanol–water partition coefficient (Wildman–Crippen LogP) is 3.68. The first-order valence-corrected chi connectivity index (χ1v) is 10.3. The maximum atomic E-state index is 12.4. The Balaban J connectivity index is 1.84. The Morgan fingerprint density at radius 1 is 1.29 bits per heavy atom. The van der Waals surface area contributed by atoms with Crippen LogP contribution in [0.15, 0.2) is 42.5 Å². The Kier molecular flexibility index (Phi) is 5.09. The molecule has 1 atom stereocenters. The van der Waals surface area contributed by atoms with E-state index >= 15 is 0 Å². The number of rotatable bonds is 4. The van der Waals surface area contributed by atoms with E-state index in [1.807, 2.05) is 25.1 Å². The molecule has 6 nitrogen and oxygen atoms in total. The lowest BCUT2D eigenvalue weighted by Gasteiger charge is -2.17. The SMILES string of the molecule is CCOC(=O)Cn1nc(C)c2c1NC(=O)CS[C@H]2c1cccc2ccccc12. The first kappa shape index (κ1) is 18.6. The van der Waals surface area contributed by atoms with Gasteiger partial charge >= 0.3 is 5.97 Å². The monoisotopic (exact) mass is 395 g/mol. The molecule has 0 spiro atoms. The van der Waals surface area contributed by atoms with Crippen LogP contribution in [0.1, 0.15) is 29.0 Å². The van der Waals surface area contributed by atoms with Crippen molar-refractivity contribution in [2.24, 2.45) is 0 Å². The van der Waals surface area contributed by atoms with Crippen LogP contribution in [0.2, 0.25) is 0 Å². The minimum atomic E-state index is -0.374. The van der Waals surface area contributed by atoms with Gasteiger partial charge in [-0.3, -0.25) is 9.59 Å². The van der Waals surface area contributed by atoms with Crippen molar-refractivity contribution < 1.29 is 14.3 Å². The fourth-order valence-corrected chi connectivity index (χ4v) is 4.84. The molecule has 0 saturated heterocycles. The van der Waals surface area contributed by atoms with Gasteiger partial charge in [0, 0.05) is 5.56 Å². The molecule has 0 aliphatic carbocycles. The van der Waals surface area contributed by atoms with Gasteiger partial charge in [0.1, 0.15) is 12.4 Å². The number of benzene rings is 2. The molecule has 1 amide bonds. The molecular formula is C21H21N3O3S. The number of ether oxygens (including phenoxy) is 1. The normalized spacial score (nSPS) is 16.4. The maximum Gasteiger partial charge on any atom is 0.327 e. The zero-order valence-electron chi connectivity index (χ0n) is 15.8. The lowest BCUT2D eigenvalue weighted by Crippen LogP contribution is -2.20. The van der Waals surface area contributed by atoms with Gasteiger partial charge in [0.15, 0.2) is 0 Å². The van der Waals surface area contributed by atoms with Gasteiger partial charge in [-0.1, -0.05) is 42.5 Å². The number of carbonyl (C=O) groups excluding carboxylic acids is 2. The van der Waals surface area contributed by atoms with E-state index < -0.39 is 0 Å². The second-order valence-corrected chi connectivity index (χ2v) is 7.71. The van der Waals surface area contributed by atoms with Crippen LogP contribution in [0.3, 0.4) is 0 Å². The van der Waals surface area contributed by atoms with E-state index in [-0.39, 0.29) is 23.7 Å². The summed E-state index contributed by atoms with van der Waals surface area (Å²) >= 11 is 1.58. The molecule has 1 aliphatic rings. The minimum Gasteiger partial charge on any atom is -0.465 e. The molecule has 4 rings (SSSR count). The summed E-state index contributed by atoms with van der Waals surface area (Å²) in [5, 5.41) is 9.72. The first-order chi connectivity index (χ1) is 13.6. The second kappa shape index (κ2) is 7.67. The molecule has 1 aliphatic heterocycles. The van der Waals surface area contributed by atoms with Gasteiger partial charge in [-0.2, -0.15) is 5.10 Å². The van der Waals surface area contributed by atoms with Crippen molar-refractivity contribution in [3.8, 4) is 0 Å². The van der Waals surface area contributed by atoms with Crippen LogP contribution in [0.5, 0.6) is 0 Å². The summed E-state index contributed by atoms with van der Waals surface area (Å²) in [6.07, 6.45) is 0. The third-order valence-electron chi connectivity index (χ3n) is 4.76.